The van der Waals surface area contributed by atoms with E-state index in [2.05, 4.69) is 12.5 Å². The molecule has 0 aliphatic heterocycles. The average molecular weight is 427 g/mol. The summed E-state index contributed by atoms with van der Waals surface area (Å²) < 4.78 is 103. The molecule has 0 atom stereocenters. The van der Waals surface area contributed by atoms with Crippen molar-refractivity contribution in [1.82, 2.24) is 0 Å². The molecule has 0 amide bonds. The minimum atomic E-state index is -5.26. The van der Waals surface area contributed by atoms with Gasteiger partial charge in [0.2, 0.25) is 31.2 Å². The normalized spacial score (nSPS) is 12.5. The van der Waals surface area contributed by atoms with Crippen LogP contribution in [0.1, 0.15) is 0 Å². The van der Waals surface area contributed by atoms with Crippen LogP contribution in [-0.2, 0) is 43.7 Å². The Bertz CT molecular complexity index is 540. The van der Waals surface area contributed by atoms with E-state index in [0.29, 0.717) is 0 Å². The third kappa shape index (κ3) is 22.5. The molecule has 0 bridgehead atoms. The molecule has 0 unspecified atom stereocenters. The van der Waals surface area contributed by atoms with Crippen LogP contribution in [0.5, 0.6) is 0 Å². The minimum Gasteiger partial charge on any atom is -0.726 e. The zero-order valence-electron chi connectivity index (χ0n) is 12.3. The van der Waals surface area contributed by atoms with Crippen molar-refractivity contribution in [3.8, 4) is 0 Å². The summed E-state index contributed by atoms with van der Waals surface area (Å²) in [6.45, 7) is -3.91. The smallest absolute Gasteiger partial charge is 0.726 e. The van der Waals surface area contributed by atoms with E-state index in [-0.39, 0.29) is 88.7 Å². The van der Waals surface area contributed by atoms with Crippen molar-refractivity contribution in [3.63, 3.8) is 0 Å². The first-order valence-corrected chi connectivity index (χ1v) is 8.22. The van der Waals surface area contributed by atoms with E-state index in [9.17, 15) is 38.9 Å². The fourth-order valence-corrected chi connectivity index (χ4v) is 1.83. The van der Waals surface area contributed by atoms with Crippen molar-refractivity contribution in [2.24, 2.45) is 5.73 Å². The molecule has 0 aromatic carbocycles. The topological polar surface area (TPSA) is 225 Å². The number of nitrogens with two attached hydrogens (primary N) is 1. The van der Waals surface area contributed by atoms with Crippen LogP contribution in [0.4, 0.5) is 0 Å². The number of hydrogen-bond acceptors (Lipinski definition) is 13. The van der Waals surface area contributed by atoms with Crippen molar-refractivity contribution in [2.45, 2.75) is 5.54 Å². The van der Waals surface area contributed by atoms with Gasteiger partial charge in [0.25, 0.3) is 0 Å². The van der Waals surface area contributed by atoms with E-state index >= 15 is 0 Å². The fraction of sp³-hybridized carbons (Fsp3) is 1.00. The van der Waals surface area contributed by atoms with Gasteiger partial charge in [0.15, 0.2) is 0 Å². The van der Waals surface area contributed by atoms with Crippen LogP contribution in [-0.4, -0.2) is 64.3 Å². The van der Waals surface area contributed by atoms with Crippen molar-refractivity contribution >= 4 is 31.2 Å². The van der Waals surface area contributed by atoms with Gasteiger partial charge in [-0.05, 0) is 0 Å². The summed E-state index contributed by atoms with van der Waals surface area (Å²) in [4.78, 5) is 0. The molecule has 0 fully saturated rings. The van der Waals surface area contributed by atoms with Gasteiger partial charge < -0.3 is 19.4 Å². The summed E-state index contributed by atoms with van der Waals surface area (Å²) in [6, 6.07) is 0. The monoisotopic (exact) mass is 427 g/mol. The van der Waals surface area contributed by atoms with Gasteiger partial charge in [-0.25, -0.2) is 25.3 Å². The molecule has 0 aliphatic carbocycles. The summed E-state index contributed by atoms with van der Waals surface area (Å²) in [7, 11) is -15.8. The SMILES string of the molecule is NC(COS(=O)(=O)[O-])(COS(=O)(=O)[O-])COS(=O)(=O)[O-].[Na+].[Na+].[Na+]. The molecule has 0 aromatic heterocycles. The quantitative estimate of drug-likeness (QED) is 0.205. The number of rotatable bonds is 9. The van der Waals surface area contributed by atoms with E-state index in [1.807, 2.05) is 0 Å². The molecule has 0 heterocycles. The first-order valence-electron chi connectivity index (χ1n) is 4.22. The Morgan fingerprint density at radius 2 is 0.826 bits per heavy atom. The molecule has 2 N–H and O–H groups in total. The van der Waals surface area contributed by atoms with E-state index in [4.69, 9.17) is 5.73 Å². The van der Waals surface area contributed by atoms with Gasteiger partial charge in [0.1, 0.15) is 0 Å². The third-order valence-electron chi connectivity index (χ3n) is 1.47. The van der Waals surface area contributed by atoms with Gasteiger partial charge in [-0.3, -0.25) is 12.5 Å². The molecular formula is C4H8NNa3O12S3. The third-order valence-corrected chi connectivity index (χ3v) is 2.69. The van der Waals surface area contributed by atoms with Crippen LogP contribution >= 0.6 is 0 Å². The predicted octanol–water partition coefficient (Wildman–Crippen LogP) is -12.9. The Kier molecular flexibility index (Phi) is 18.6. The molecule has 0 saturated carbocycles. The molecule has 13 nitrogen and oxygen atoms in total. The summed E-state index contributed by atoms with van der Waals surface area (Å²) in [5, 5.41) is 0. The first-order chi connectivity index (χ1) is 8.62. The maximum atomic E-state index is 10.2. The van der Waals surface area contributed by atoms with Crippen LogP contribution in [0.25, 0.3) is 0 Å². The molecule has 122 valence electrons. The maximum Gasteiger partial charge on any atom is 1.00 e. The van der Waals surface area contributed by atoms with Crippen molar-refractivity contribution < 1.29 is 140 Å². The molecule has 0 radical (unpaired) electrons. The van der Waals surface area contributed by atoms with Crippen LogP contribution in [0.15, 0.2) is 0 Å². The number of hydrogen-bond donors (Lipinski definition) is 1. The maximum absolute atomic E-state index is 10.2. The molecule has 0 aromatic rings. The fourth-order valence-electron chi connectivity index (χ4n) is 0.694. The Morgan fingerprint density at radius 1 is 0.652 bits per heavy atom. The van der Waals surface area contributed by atoms with E-state index < -0.39 is 56.6 Å². The van der Waals surface area contributed by atoms with Crippen molar-refractivity contribution in [1.29, 1.82) is 0 Å². The zero-order valence-corrected chi connectivity index (χ0v) is 20.8. The van der Waals surface area contributed by atoms with Crippen molar-refractivity contribution in [2.75, 3.05) is 19.8 Å². The van der Waals surface area contributed by atoms with E-state index in [0.717, 1.165) is 0 Å². The Balaban J connectivity index is -0.000000602. The Morgan fingerprint density at radius 3 is 0.957 bits per heavy atom. The van der Waals surface area contributed by atoms with Gasteiger partial charge in [-0.1, -0.05) is 0 Å². The van der Waals surface area contributed by atoms with Crippen LogP contribution < -0.4 is 94.4 Å². The summed E-state index contributed by atoms with van der Waals surface area (Å²) in [5.74, 6) is 0. The van der Waals surface area contributed by atoms with E-state index in [1.54, 1.807) is 0 Å². The molecule has 19 heteroatoms. The van der Waals surface area contributed by atoms with Gasteiger partial charge in [0, 0.05) is 0 Å². The van der Waals surface area contributed by atoms with Gasteiger partial charge in [0.05, 0.1) is 25.4 Å². The molecule has 23 heavy (non-hydrogen) atoms. The van der Waals surface area contributed by atoms with Crippen LogP contribution in [0.2, 0.25) is 0 Å². The summed E-state index contributed by atoms with van der Waals surface area (Å²) in [6.07, 6.45) is 0. The predicted molar refractivity (Wildman–Crippen MR) is 53.9 cm³/mol. The second-order valence-electron chi connectivity index (χ2n) is 3.37. The van der Waals surface area contributed by atoms with Crippen molar-refractivity contribution in [3.05, 3.63) is 0 Å². The van der Waals surface area contributed by atoms with Gasteiger partial charge in [-0.2, -0.15) is 0 Å². The minimum absolute atomic E-state index is 0. The average Bonchev–Trinajstić information content (AvgIpc) is 2.18. The van der Waals surface area contributed by atoms with Gasteiger partial charge >= 0.3 is 88.7 Å². The van der Waals surface area contributed by atoms with Crippen LogP contribution in [0.3, 0.4) is 0 Å². The molecule has 0 spiro atoms. The zero-order chi connectivity index (χ0) is 16.2. The summed E-state index contributed by atoms with van der Waals surface area (Å²) in [5.41, 5.74) is 2.85. The van der Waals surface area contributed by atoms with Crippen LogP contribution in [0, 0.1) is 0 Å². The molecule has 0 rings (SSSR count). The largest absolute Gasteiger partial charge is 1.00 e. The summed E-state index contributed by atoms with van der Waals surface area (Å²) >= 11 is 0. The molecular weight excluding hydrogens is 419 g/mol. The Hall–Kier alpha value is 2.57. The molecule has 0 saturated heterocycles. The van der Waals surface area contributed by atoms with Gasteiger partial charge in [-0.15, -0.1) is 0 Å². The second-order valence-corrected chi connectivity index (χ2v) is 6.53. The second kappa shape index (κ2) is 12.9. The standard InChI is InChI=1S/C4H11NO12S3.3Na/c5-4(1-15-18(6,7)8,2-16-19(9,10)11)3-17-20(12,13)14;;;/h1-3,5H2,(H,6,7,8)(H,9,10,11)(H,12,13,14);;;/q;3*+1/p-3. The molecule has 0 aliphatic rings. The Labute approximate surface area is 199 Å². The first kappa shape index (κ1) is 33.2. The van der Waals surface area contributed by atoms with E-state index in [1.165, 1.54) is 0 Å².